The fourth-order valence-electron chi connectivity index (χ4n) is 2.64. The number of piperidine rings is 1. The number of ether oxygens (including phenoxy) is 1. The molecule has 2 unspecified atom stereocenters. The van der Waals surface area contributed by atoms with E-state index < -0.39 is 0 Å². The highest BCUT2D eigenvalue weighted by Crippen LogP contribution is 2.20. The van der Waals surface area contributed by atoms with E-state index in [1.807, 2.05) is 12.1 Å². The molecule has 1 aromatic rings. The van der Waals surface area contributed by atoms with Gasteiger partial charge >= 0.3 is 0 Å². The van der Waals surface area contributed by atoms with Crippen molar-refractivity contribution < 1.29 is 4.74 Å². The van der Waals surface area contributed by atoms with Crippen LogP contribution >= 0.6 is 0 Å². The van der Waals surface area contributed by atoms with Crippen molar-refractivity contribution in [3.63, 3.8) is 0 Å². The quantitative estimate of drug-likeness (QED) is 0.884. The summed E-state index contributed by atoms with van der Waals surface area (Å²) in [6, 6.07) is 8.66. The summed E-state index contributed by atoms with van der Waals surface area (Å²) >= 11 is 0. The Morgan fingerprint density at radius 3 is 2.89 bits per heavy atom. The SMILES string of the molecule is COc1ccccc1CCN1CCC(N)C(C)C1. The molecular formula is C15H24N2O. The average molecular weight is 248 g/mol. The molecule has 0 bridgehead atoms. The van der Waals surface area contributed by atoms with Gasteiger partial charge in [-0.2, -0.15) is 0 Å². The van der Waals surface area contributed by atoms with Crippen LogP contribution in [0.15, 0.2) is 24.3 Å². The zero-order chi connectivity index (χ0) is 13.0. The predicted octanol–water partition coefficient (Wildman–Crippen LogP) is 1.91. The molecule has 1 aliphatic heterocycles. The summed E-state index contributed by atoms with van der Waals surface area (Å²) < 4.78 is 5.38. The molecule has 0 radical (unpaired) electrons. The van der Waals surface area contributed by atoms with E-state index in [1.54, 1.807) is 7.11 Å². The second-order valence-corrected chi connectivity index (χ2v) is 5.29. The Morgan fingerprint density at radius 1 is 1.39 bits per heavy atom. The van der Waals surface area contributed by atoms with Gasteiger partial charge in [0.1, 0.15) is 5.75 Å². The summed E-state index contributed by atoms with van der Waals surface area (Å²) in [7, 11) is 1.74. The lowest BCUT2D eigenvalue weighted by atomic mass is 9.94. The van der Waals surface area contributed by atoms with Crippen LogP contribution in [0, 0.1) is 5.92 Å². The highest BCUT2D eigenvalue weighted by molar-refractivity contribution is 5.33. The number of benzene rings is 1. The molecule has 0 aromatic heterocycles. The number of para-hydroxylation sites is 1. The van der Waals surface area contributed by atoms with E-state index in [0.717, 1.165) is 38.2 Å². The number of hydrogen-bond acceptors (Lipinski definition) is 3. The lowest BCUT2D eigenvalue weighted by molar-refractivity contribution is 0.166. The van der Waals surface area contributed by atoms with E-state index in [-0.39, 0.29) is 0 Å². The molecule has 2 rings (SSSR count). The smallest absolute Gasteiger partial charge is 0.122 e. The van der Waals surface area contributed by atoms with Gasteiger partial charge in [-0.3, -0.25) is 0 Å². The van der Waals surface area contributed by atoms with E-state index in [4.69, 9.17) is 10.5 Å². The second-order valence-electron chi connectivity index (χ2n) is 5.29. The first-order valence-electron chi connectivity index (χ1n) is 6.80. The Bertz CT molecular complexity index is 381. The van der Waals surface area contributed by atoms with E-state index >= 15 is 0 Å². The summed E-state index contributed by atoms with van der Waals surface area (Å²) in [6.07, 6.45) is 2.17. The fraction of sp³-hybridized carbons (Fsp3) is 0.600. The molecule has 0 amide bonds. The molecule has 1 heterocycles. The minimum Gasteiger partial charge on any atom is -0.496 e. The van der Waals surface area contributed by atoms with Crippen LogP contribution in [0.25, 0.3) is 0 Å². The Morgan fingerprint density at radius 2 is 2.17 bits per heavy atom. The zero-order valence-electron chi connectivity index (χ0n) is 11.4. The van der Waals surface area contributed by atoms with Gasteiger partial charge in [-0.05, 0) is 36.9 Å². The van der Waals surface area contributed by atoms with Crippen LogP contribution in [0.5, 0.6) is 5.75 Å². The Balaban J connectivity index is 1.88. The first kappa shape index (κ1) is 13.4. The van der Waals surface area contributed by atoms with Crippen LogP contribution in [-0.2, 0) is 6.42 Å². The Labute approximate surface area is 110 Å². The summed E-state index contributed by atoms with van der Waals surface area (Å²) in [5.74, 6) is 1.61. The van der Waals surface area contributed by atoms with Gasteiger partial charge in [-0.1, -0.05) is 25.1 Å². The maximum atomic E-state index is 6.05. The maximum absolute atomic E-state index is 6.05. The minimum atomic E-state index is 0.382. The Hall–Kier alpha value is -1.06. The average Bonchev–Trinajstić information content (AvgIpc) is 2.40. The van der Waals surface area contributed by atoms with Crippen molar-refractivity contribution in [1.29, 1.82) is 0 Å². The first-order chi connectivity index (χ1) is 8.70. The Kier molecular flexibility index (Phi) is 4.61. The fourth-order valence-corrected chi connectivity index (χ4v) is 2.64. The lowest BCUT2D eigenvalue weighted by Gasteiger charge is -2.35. The van der Waals surface area contributed by atoms with Crippen LogP contribution in [0.1, 0.15) is 18.9 Å². The van der Waals surface area contributed by atoms with E-state index in [2.05, 4.69) is 24.0 Å². The van der Waals surface area contributed by atoms with E-state index in [0.29, 0.717) is 12.0 Å². The predicted molar refractivity (Wildman–Crippen MR) is 74.9 cm³/mol. The second kappa shape index (κ2) is 6.21. The van der Waals surface area contributed by atoms with E-state index in [1.165, 1.54) is 5.56 Å². The van der Waals surface area contributed by atoms with Gasteiger partial charge < -0.3 is 15.4 Å². The van der Waals surface area contributed by atoms with Crippen LogP contribution in [0.4, 0.5) is 0 Å². The highest BCUT2D eigenvalue weighted by atomic mass is 16.5. The van der Waals surface area contributed by atoms with Crippen molar-refractivity contribution in [3.8, 4) is 5.75 Å². The molecule has 1 fully saturated rings. The third kappa shape index (κ3) is 3.24. The molecule has 3 nitrogen and oxygen atoms in total. The largest absolute Gasteiger partial charge is 0.496 e. The molecule has 18 heavy (non-hydrogen) atoms. The number of hydrogen-bond donors (Lipinski definition) is 1. The molecule has 0 aliphatic carbocycles. The summed E-state index contributed by atoms with van der Waals surface area (Å²) in [6.45, 7) is 5.59. The lowest BCUT2D eigenvalue weighted by Crippen LogP contribution is -2.46. The molecule has 0 spiro atoms. The molecule has 1 aliphatic rings. The molecule has 3 heteroatoms. The number of methoxy groups -OCH3 is 1. The van der Waals surface area contributed by atoms with Gasteiger partial charge in [0.25, 0.3) is 0 Å². The number of likely N-dealkylation sites (tertiary alicyclic amines) is 1. The van der Waals surface area contributed by atoms with Gasteiger partial charge in [0.15, 0.2) is 0 Å². The van der Waals surface area contributed by atoms with Gasteiger partial charge in [0.2, 0.25) is 0 Å². The maximum Gasteiger partial charge on any atom is 0.122 e. The minimum absolute atomic E-state index is 0.382. The monoisotopic (exact) mass is 248 g/mol. The third-order valence-corrected chi connectivity index (χ3v) is 3.95. The topological polar surface area (TPSA) is 38.5 Å². The van der Waals surface area contributed by atoms with Gasteiger partial charge in [0.05, 0.1) is 7.11 Å². The van der Waals surface area contributed by atoms with Gasteiger partial charge in [-0.25, -0.2) is 0 Å². The molecular weight excluding hydrogens is 224 g/mol. The molecule has 2 atom stereocenters. The van der Waals surface area contributed by atoms with Crippen molar-refractivity contribution >= 4 is 0 Å². The zero-order valence-corrected chi connectivity index (χ0v) is 11.4. The van der Waals surface area contributed by atoms with Crippen molar-refractivity contribution in [3.05, 3.63) is 29.8 Å². The third-order valence-electron chi connectivity index (χ3n) is 3.95. The highest BCUT2D eigenvalue weighted by Gasteiger charge is 2.22. The van der Waals surface area contributed by atoms with Gasteiger partial charge in [-0.15, -0.1) is 0 Å². The molecule has 1 aromatic carbocycles. The molecule has 2 N–H and O–H groups in total. The molecule has 100 valence electrons. The first-order valence-corrected chi connectivity index (χ1v) is 6.80. The van der Waals surface area contributed by atoms with Crippen molar-refractivity contribution in [2.75, 3.05) is 26.7 Å². The van der Waals surface area contributed by atoms with Gasteiger partial charge in [0, 0.05) is 19.1 Å². The van der Waals surface area contributed by atoms with Crippen LogP contribution in [-0.4, -0.2) is 37.7 Å². The van der Waals surface area contributed by atoms with E-state index in [9.17, 15) is 0 Å². The summed E-state index contributed by atoms with van der Waals surface area (Å²) in [4.78, 5) is 2.51. The van der Waals surface area contributed by atoms with Crippen LogP contribution in [0.2, 0.25) is 0 Å². The number of nitrogens with two attached hydrogens (primary N) is 1. The number of nitrogens with zero attached hydrogens (tertiary/aromatic N) is 1. The number of rotatable bonds is 4. The van der Waals surface area contributed by atoms with Crippen molar-refractivity contribution in [2.24, 2.45) is 11.7 Å². The van der Waals surface area contributed by atoms with Crippen LogP contribution < -0.4 is 10.5 Å². The van der Waals surface area contributed by atoms with Crippen molar-refractivity contribution in [2.45, 2.75) is 25.8 Å². The van der Waals surface area contributed by atoms with Crippen molar-refractivity contribution in [1.82, 2.24) is 4.90 Å². The normalized spacial score (nSPS) is 25.1. The molecule has 1 saturated heterocycles. The summed E-state index contributed by atoms with van der Waals surface area (Å²) in [5.41, 5.74) is 7.34. The standard InChI is InChI=1S/C15H24N2O/c1-12-11-17(10-8-14(12)16)9-7-13-5-3-4-6-15(13)18-2/h3-6,12,14H,7-11,16H2,1-2H3. The molecule has 0 saturated carbocycles. The van der Waals surface area contributed by atoms with Crippen LogP contribution in [0.3, 0.4) is 0 Å². The summed E-state index contributed by atoms with van der Waals surface area (Å²) in [5, 5.41) is 0.